The van der Waals surface area contributed by atoms with Crippen LogP contribution in [0.5, 0.6) is 0 Å². The van der Waals surface area contributed by atoms with E-state index in [0.29, 0.717) is 13.1 Å². The SMILES string of the molecule is CCN(Cc1ccccc1)C(=O)CC(=O)NC(C)C. The standard InChI is InChI=1S/C15H22N2O2/c1-4-17(11-13-8-6-5-7-9-13)15(19)10-14(18)16-12(2)3/h5-9,12H,4,10-11H2,1-3H3,(H,16,18). The third-order valence-corrected chi connectivity index (χ3v) is 2.71. The Labute approximate surface area is 114 Å². The molecule has 0 aromatic heterocycles. The topological polar surface area (TPSA) is 49.4 Å². The molecule has 0 aliphatic heterocycles. The van der Waals surface area contributed by atoms with Crippen molar-refractivity contribution in [1.82, 2.24) is 10.2 Å². The van der Waals surface area contributed by atoms with Gasteiger partial charge in [0.2, 0.25) is 11.8 Å². The molecule has 0 saturated heterocycles. The summed E-state index contributed by atoms with van der Waals surface area (Å²) in [5.41, 5.74) is 1.07. The summed E-state index contributed by atoms with van der Waals surface area (Å²) in [5, 5.41) is 2.73. The largest absolute Gasteiger partial charge is 0.353 e. The molecule has 0 fully saturated rings. The molecule has 0 spiro atoms. The van der Waals surface area contributed by atoms with Crippen molar-refractivity contribution in [3.8, 4) is 0 Å². The van der Waals surface area contributed by atoms with Gasteiger partial charge in [-0.1, -0.05) is 30.3 Å². The van der Waals surface area contributed by atoms with Crippen LogP contribution in [0.15, 0.2) is 30.3 Å². The molecule has 0 aliphatic rings. The normalized spacial score (nSPS) is 10.3. The molecule has 1 aromatic rings. The van der Waals surface area contributed by atoms with Crippen LogP contribution in [0.25, 0.3) is 0 Å². The van der Waals surface area contributed by atoms with Crippen LogP contribution >= 0.6 is 0 Å². The monoisotopic (exact) mass is 262 g/mol. The minimum Gasteiger partial charge on any atom is -0.353 e. The van der Waals surface area contributed by atoms with Crippen LogP contribution in [-0.2, 0) is 16.1 Å². The van der Waals surface area contributed by atoms with Gasteiger partial charge in [-0.05, 0) is 26.3 Å². The van der Waals surface area contributed by atoms with E-state index in [0.717, 1.165) is 5.56 Å². The lowest BCUT2D eigenvalue weighted by molar-refractivity contribution is -0.136. The van der Waals surface area contributed by atoms with E-state index >= 15 is 0 Å². The third kappa shape index (κ3) is 5.55. The number of carbonyl (C=O) groups excluding carboxylic acids is 2. The van der Waals surface area contributed by atoms with Crippen LogP contribution in [0.4, 0.5) is 0 Å². The first-order chi connectivity index (χ1) is 9.02. The minimum atomic E-state index is -0.216. The molecule has 0 unspecified atom stereocenters. The summed E-state index contributed by atoms with van der Waals surface area (Å²) < 4.78 is 0. The minimum absolute atomic E-state index is 0.0597. The second kappa shape index (κ2) is 7.56. The second-order valence-electron chi connectivity index (χ2n) is 4.79. The number of hydrogen-bond acceptors (Lipinski definition) is 2. The van der Waals surface area contributed by atoms with Crippen LogP contribution < -0.4 is 5.32 Å². The molecule has 1 aromatic carbocycles. The number of rotatable bonds is 6. The van der Waals surface area contributed by atoms with E-state index in [-0.39, 0.29) is 24.3 Å². The molecule has 4 heteroatoms. The molecule has 1 N–H and O–H groups in total. The maximum Gasteiger partial charge on any atom is 0.232 e. The fraction of sp³-hybridized carbons (Fsp3) is 0.467. The van der Waals surface area contributed by atoms with Gasteiger partial charge in [-0.2, -0.15) is 0 Å². The fourth-order valence-corrected chi connectivity index (χ4v) is 1.80. The van der Waals surface area contributed by atoms with Crippen molar-refractivity contribution in [3.63, 3.8) is 0 Å². The van der Waals surface area contributed by atoms with E-state index < -0.39 is 0 Å². The molecular formula is C15H22N2O2. The molecular weight excluding hydrogens is 240 g/mol. The predicted molar refractivity (Wildman–Crippen MR) is 75.4 cm³/mol. The number of carbonyl (C=O) groups is 2. The molecule has 0 atom stereocenters. The van der Waals surface area contributed by atoms with Crippen LogP contribution in [0, 0.1) is 0 Å². The van der Waals surface area contributed by atoms with Crippen molar-refractivity contribution < 1.29 is 9.59 Å². The lowest BCUT2D eigenvalue weighted by Gasteiger charge is -2.21. The van der Waals surface area contributed by atoms with Crippen molar-refractivity contribution in [3.05, 3.63) is 35.9 Å². The van der Waals surface area contributed by atoms with Gasteiger partial charge in [-0.3, -0.25) is 9.59 Å². The van der Waals surface area contributed by atoms with Crippen molar-refractivity contribution >= 4 is 11.8 Å². The molecule has 2 amide bonds. The lowest BCUT2D eigenvalue weighted by Crippen LogP contribution is -2.37. The number of nitrogens with zero attached hydrogens (tertiary/aromatic N) is 1. The van der Waals surface area contributed by atoms with Crippen LogP contribution in [0.3, 0.4) is 0 Å². The smallest absolute Gasteiger partial charge is 0.232 e. The Hall–Kier alpha value is -1.84. The Morgan fingerprint density at radius 1 is 1.21 bits per heavy atom. The Balaban J connectivity index is 2.55. The van der Waals surface area contributed by atoms with E-state index in [9.17, 15) is 9.59 Å². The molecule has 104 valence electrons. The van der Waals surface area contributed by atoms with Crippen molar-refractivity contribution in [2.75, 3.05) is 6.54 Å². The van der Waals surface area contributed by atoms with Crippen molar-refractivity contribution in [1.29, 1.82) is 0 Å². The highest BCUT2D eigenvalue weighted by Crippen LogP contribution is 2.06. The highest BCUT2D eigenvalue weighted by Gasteiger charge is 2.16. The van der Waals surface area contributed by atoms with E-state index in [1.165, 1.54) is 0 Å². The molecule has 0 aliphatic carbocycles. The van der Waals surface area contributed by atoms with Gasteiger partial charge in [0, 0.05) is 19.1 Å². The van der Waals surface area contributed by atoms with E-state index in [2.05, 4.69) is 5.32 Å². The molecule has 1 rings (SSSR count). The van der Waals surface area contributed by atoms with Crippen LogP contribution in [-0.4, -0.2) is 29.3 Å². The van der Waals surface area contributed by atoms with Gasteiger partial charge in [0.05, 0.1) is 0 Å². The summed E-state index contributed by atoms with van der Waals surface area (Å²) in [7, 11) is 0. The van der Waals surface area contributed by atoms with Crippen molar-refractivity contribution in [2.24, 2.45) is 0 Å². The van der Waals surface area contributed by atoms with E-state index in [1.807, 2.05) is 51.1 Å². The average molecular weight is 262 g/mol. The van der Waals surface area contributed by atoms with E-state index in [4.69, 9.17) is 0 Å². The van der Waals surface area contributed by atoms with Gasteiger partial charge in [0.1, 0.15) is 6.42 Å². The number of benzene rings is 1. The maximum absolute atomic E-state index is 12.0. The number of nitrogens with one attached hydrogen (secondary N) is 1. The Kier molecular flexibility index (Phi) is 6.06. The average Bonchev–Trinajstić information content (AvgIpc) is 2.35. The lowest BCUT2D eigenvalue weighted by atomic mass is 10.2. The van der Waals surface area contributed by atoms with Gasteiger partial charge < -0.3 is 10.2 Å². The zero-order chi connectivity index (χ0) is 14.3. The maximum atomic E-state index is 12.0. The van der Waals surface area contributed by atoms with Crippen molar-refractivity contribution in [2.45, 2.75) is 39.8 Å². The number of amides is 2. The molecule has 0 radical (unpaired) electrons. The first kappa shape index (κ1) is 15.2. The summed E-state index contributed by atoms with van der Waals surface area (Å²) >= 11 is 0. The predicted octanol–water partition coefficient (Wildman–Crippen LogP) is 1.95. The third-order valence-electron chi connectivity index (χ3n) is 2.71. The summed E-state index contributed by atoms with van der Waals surface area (Å²) in [6.45, 7) is 6.82. The first-order valence-electron chi connectivity index (χ1n) is 6.64. The van der Waals surface area contributed by atoms with Crippen LogP contribution in [0.2, 0.25) is 0 Å². The Morgan fingerprint density at radius 2 is 1.84 bits per heavy atom. The molecule has 19 heavy (non-hydrogen) atoms. The summed E-state index contributed by atoms with van der Waals surface area (Å²) in [4.78, 5) is 25.3. The summed E-state index contributed by atoms with van der Waals surface area (Å²) in [6, 6.07) is 9.84. The zero-order valence-electron chi connectivity index (χ0n) is 11.8. The highest BCUT2D eigenvalue weighted by molar-refractivity contribution is 5.96. The fourth-order valence-electron chi connectivity index (χ4n) is 1.80. The number of hydrogen-bond donors (Lipinski definition) is 1. The van der Waals surface area contributed by atoms with Gasteiger partial charge in [0.15, 0.2) is 0 Å². The van der Waals surface area contributed by atoms with Gasteiger partial charge in [-0.25, -0.2) is 0 Å². The first-order valence-corrected chi connectivity index (χ1v) is 6.64. The quantitative estimate of drug-likeness (QED) is 0.797. The van der Waals surface area contributed by atoms with Gasteiger partial charge >= 0.3 is 0 Å². The van der Waals surface area contributed by atoms with Gasteiger partial charge in [-0.15, -0.1) is 0 Å². The second-order valence-corrected chi connectivity index (χ2v) is 4.79. The molecule has 0 saturated carbocycles. The van der Waals surface area contributed by atoms with E-state index in [1.54, 1.807) is 4.90 Å². The highest BCUT2D eigenvalue weighted by atomic mass is 16.2. The molecule has 0 bridgehead atoms. The Morgan fingerprint density at radius 3 is 2.37 bits per heavy atom. The molecule has 0 heterocycles. The zero-order valence-corrected chi connectivity index (χ0v) is 11.8. The Bertz CT molecular complexity index is 415. The van der Waals surface area contributed by atoms with Gasteiger partial charge in [0.25, 0.3) is 0 Å². The summed E-state index contributed by atoms with van der Waals surface area (Å²) in [5.74, 6) is -0.351. The van der Waals surface area contributed by atoms with Crippen LogP contribution in [0.1, 0.15) is 32.8 Å². The summed E-state index contributed by atoms with van der Waals surface area (Å²) in [6.07, 6.45) is -0.0845. The molecule has 4 nitrogen and oxygen atoms in total.